The van der Waals surface area contributed by atoms with Crippen molar-refractivity contribution in [2.24, 2.45) is 0 Å². The Balaban J connectivity index is 2.08. The maximum Gasteiger partial charge on any atom is 0.115 e. The average Bonchev–Trinajstić information content (AvgIpc) is 2.66. The molecule has 84 valence electrons. The highest BCUT2D eigenvalue weighted by molar-refractivity contribution is 7.11. The zero-order valence-corrected chi connectivity index (χ0v) is 9.92. The molecule has 0 spiro atoms. The Morgan fingerprint density at radius 3 is 3.06 bits per heavy atom. The average molecular weight is 234 g/mol. The lowest BCUT2D eigenvalue weighted by atomic mass is 10.1. The van der Waals surface area contributed by atoms with Gasteiger partial charge >= 0.3 is 0 Å². The molecule has 0 fully saturated rings. The minimum Gasteiger partial charge on any atom is -0.508 e. The third-order valence-corrected chi connectivity index (χ3v) is 3.22. The van der Waals surface area contributed by atoms with Crippen LogP contribution in [-0.4, -0.2) is 17.1 Å². The highest BCUT2D eigenvalue weighted by atomic mass is 32.1. The zero-order valence-electron chi connectivity index (χ0n) is 9.10. The summed E-state index contributed by atoms with van der Waals surface area (Å²) in [5.74, 6) is 0.310. The molecule has 0 saturated carbocycles. The van der Waals surface area contributed by atoms with E-state index >= 15 is 0 Å². The van der Waals surface area contributed by atoms with Crippen molar-refractivity contribution in [1.29, 1.82) is 0 Å². The van der Waals surface area contributed by atoms with E-state index in [2.05, 4.69) is 10.3 Å². The smallest absolute Gasteiger partial charge is 0.115 e. The molecule has 0 amide bonds. The summed E-state index contributed by atoms with van der Waals surface area (Å²) in [7, 11) is 1.93. The number of thiazole rings is 1. The molecule has 3 nitrogen and oxygen atoms in total. The first-order valence-corrected chi connectivity index (χ1v) is 5.95. The third kappa shape index (κ3) is 2.81. The number of hydrogen-bond acceptors (Lipinski definition) is 4. The highest BCUT2D eigenvalue weighted by Crippen LogP contribution is 2.19. The highest BCUT2D eigenvalue weighted by Gasteiger charge is 2.03. The quantitative estimate of drug-likeness (QED) is 0.852. The molecule has 0 aliphatic heterocycles. The van der Waals surface area contributed by atoms with E-state index in [4.69, 9.17) is 0 Å². The largest absolute Gasteiger partial charge is 0.508 e. The van der Waals surface area contributed by atoms with Gasteiger partial charge in [-0.3, -0.25) is 0 Å². The number of aromatic nitrogens is 1. The second-order valence-electron chi connectivity index (χ2n) is 3.60. The van der Waals surface area contributed by atoms with Crippen molar-refractivity contribution in [2.75, 3.05) is 7.05 Å². The van der Waals surface area contributed by atoms with Crippen LogP contribution in [0.25, 0.3) is 0 Å². The van der Waals surface area contributed by atoms with Crippen molar-refractivity contribution in [2.45, 2.75) is 13.0 Å². The van der Waals surface area contributed by atoms with Gasteiger partial charge < -0.3 is 10.4 Å². The van der Waals surface area contributed by atoms with Gasteiger partial charge in [0.2, 0.25) is 0 Å². The molecule has 4 heteroatoms. The van der Waals surface area contributed by atoms with E-state index in [1.807, 2.05) is 25.4 Å². The Morgan fingerprint density at radius 2 is 2.31 bits per heavy atom. The van der Waals surface area contributed by atoms with Gasteiger partial charge in [0.1, 0.15) is 5.75 Å². The van der Waals surface area contributed by atoms with Crippen LogP contribution in [0.4, 0.5) is 0 Å². The van der Waals surface area contributed by atoms with Crippen molar-refractivity contribution in [3.05, 3.63) is 45.9 Å². The van der Waals surface area contributed by atoms with Crippen LogP contribution in [-0.2, 0) is 13.0 Å². The molecule has 0 aliphatic carbocycles. The van der Waals surface area contributed by atoms with Crippen molar-refractivity contribution in [1.82, 2.24) is 10.3 Å². The summed E-state index contributed by atoms with van der Waals surface area (Å²) in [6, 6.07) is 7.31. The summed E-state index contributed by atoms with van der Waals surface area (Å²) >= 11 is 1.70. The summed E-state index contributed by atoms with van der Waals surface area (Å²) in [4.78, 5) is 5.59. The number of benzene rings is 1. The number of phenols is 1. The van der Waals surface area contributed by atoms with Crippen LogP contribution in [0.15, 0.2) is 30.5 Å². The Kier molecular flexibility index (Phi) is 3.54. The monoisotopic (exact) mass is 234 g/mol. The molecule has 2 N–H and O–H groups in total. The van der Waals surface area contributed by atoms with Gasteiger partial charge in [-0.25, -0.2) is 4.98 Å². The maximum atomic E-state index is 9.35. The maximum absolute atomic E-state index is 9.35. The predicted octanol–water partition coefficient (Wildman–Crippen LogP) is 2.16. The molecule has 16 heavy (non-hydrogen) atoms. The van der Waals surface area contributed by atoms with Crippen molar-refractivity contribution >= 4 is 11.3 Å². The first-order valence-electron chi connectivity index (χ1n) is 5.14. The predicted molar refractivity (Wildman–Crippen MR) is 65.8 cm³/mol. The number of phenolic OH excluding ortho intramolecular Hbond substituents is 1. The molecule has 1 aromatic carbocycles. The van der Waals surface area contributed by atoms with Crippen LogP contribution < -0.4 is 5.32 Å². The second-order valence-corrected chi connectivity index (χ2v) is 4.80. The molecular weight excluding hydrogens is 220 g/mol. The number of aromatic hydroxyl groups is 1. The molecule has 1 heterocycles. The van der Waals surface area contributed by atoms with Crippen LogP contribution in [0.5, 0.6) is 5.75 Å². The molecule has 0 unspecified atom stereocenters. The van der Waals surface area contributed by atoms with Gasteiger partial charge in [-0.15, -0.1) is 11.3 Å². The lowest BCUT2D eigenvalue weighted by molar-refractivity contribution is 0.474. The van der Waals surface area contributed by atoms with E-state index in [0.717, 1.165) is 23.5 Å². The van der Waals surface area contributed by atoms with E-state index in [-0.39, 0.29) is 0 Å². The number of nitrogens with zero attached hydrogens (tertiary/aromatic N) is 1. The molecule has 2 aromatic rings. The van der Waals surface area contributed by atoms with E-state index in [0.29, 0.717) is 5.75 Å². The van der Waals surface area contributed by atoms with Crippen molar-refractivity contribution < 1.29 is 5.11 Å². The Labute approximate surface area is 98.8 Å². The normalized spacial score (nSPS) is 10.6. The molecule has 1 aromatic heterocycles. The Hall–Kier alpha value is -1.39. The SMILES string of the molecule is CNCc1cnc(Cc2cccc(O)c2)s1. The van der Waals surface area contributed by atoms with Crippen LogP contribution >= 0.6 is 11.3 Å². The molecule has 0 atom stereocenters. The standard InChI is InChI=1S/C12H14N2OS/c1-13-7-11-8-14-12(16-11)6-9-3-2-4-10(15)5-9/h2-5,8,13,15H,6-7H2,1H3. The van der Waals surface area contributed by atoms with Crippen LogP contribution in [0.3, 0.4) is 0 Å². The lowest BCUT2D eigenvalue weighted by Gasteiger charge is -1.98. The van der Waals surface area contributed by atoms with E-state index in [1.165, 1.54) is 4.88 Å². The van der Waals surface area contributed by atoms with Crippen molar-refractivity contribution in [3.8, 4) is 5.75 Å². The van der Waals surface area contributed by atoms with Crippen LogP contribution in [0.2, 0.25) is 0 Å². The molecule has 0 bridgehead atoms. The Morgan fingerprint density at radius 1 is 1.44 bits per heavy atom. The van der Waals surface area contributed by atoms with Gasteiger partial charge in [-0.05, 0) is 24.7 Å². The number of rotatable bonds is 4. The third-order valence-electron chi connectivity index (χ3n) is 2.22. The fourth-order valence-corrected chi connectivity index (χ4v) is 2.50. The molecule has 0 saturated heterocycles. The first-order chi connectivity index (χ1) is 7.78. The second kappa shape index (κ2) is 5.09. The van der Waals surface area contributed by atoms with E-state index < -0.39 is 0 Å². The van der Waals surface area contributed by atoms with Crippen molar-refractivity contribution in [3.63, 3.8) is 0 Å². The topological polar surface area (TPSA) is 45.2 Å². The molecule has 0 radical (unpaired) electrons. The summed E-state index contributed by atoms with van der Waals surface area (Å²) in [6.45, 7) is 0.859. The molecule has 0 aliphatic rings. The minimum atomic E-state index is 0.310. The summed E-state index contributed by atoms with van der Waals surface area (Å²) in [5, 5.41) is 13.5. The number of hydrogen-bond donors (Lipinski definition) is 2. The van der Waals surface area contributed by atoms with Gasteiger partial charge in [-0.1, -0.05) is 12.1 Å². The van der Waals surface area contributed by atoms with Gasteiger partial charge in [0.15, 0.2) is 0 Å². The summed E-state index contributed by atoms with van der Waals surface area (Å²) in [5.41, 5.74) is 1.09. The fraction of sp³-hybridized carbons (Fsp3) is 0.250. The van der Waals surface area contributed by atoms with Crippen LogP contribution in [0, 0.1) is 0 Å². The summed E-state index contributed by atoms with van der Waals surface area (Å²) < 4.78 is 0. The first kappa shape index (κ1) is 11.1. The minimum absolute atomic E-state index is 0.310. The van der Waals surface area contributed by atoms with Crippen LogP contribution in [0.1, 0.15) is 15.4 Å². The van der Waals surface area contributed by atoms with E-state index in [9.17, 15) is 5.11 Å². The number of nitrogens with one attached hydrogen (secondary N) is 1. The van der Waals surface area contributed by atoms with Gasteiger partial charge in [0.05, 0.1) is 5.01 Å². The van der Waals surface area contributed by atoms with Gasteiger partial charge in [0.25, 0.3) is 0 Å². The Bertz CT molecular complexity index is 468. The lowest BCUT2D eigenvalue weighted by Crippen LogP contribution is -2.02. The van der Waals surface area contributed by atoms with E-state index in [1.54, 1.807) is 23.5 Å². The van der Waals surface area contributed by atoms with Gasteiger partial charge in [0, 0.05) is 24.0 Å². The molecular formula is C12H14N2OS. The molecule has 2 rings (SSSR count). The van der Waals surface area contributed by atoms with Gasteiger partial charge in [-0.2, -0.15) is 0 Å². The summed E-state index contributed by atoms with van der Waals surface area (Å²) in [6.07, 6.45) is 2.68. The fourth-order valence-electron chi connectivity index (χ4n) is 1.53. The zero-order chi connectivity index (χ0) is 11.4.